The first-order valence-corrected chi connectivity index (χ1v) is 3.69. The standard InChI is InChI=1S/C6H9BrO4/c1-6(2,7)5(10)11-3-4(8)9/h3H2,1-2H3,(H,8,9)/p-1. The molecule has 64 valence electrons. The van der Waals surface area contributed by atoms with Crippen molar-refractivity contribution in [2.24, 2.45) is 0 Å². The molecule has 0 saturated carbocycles. The molecule has 0 amide bonds. The Hall–Kier alpha value is -0.580. The first kappa shape index (κ1) is 10.4. The van der Waals surface area contributed by atoms with Gasteiger partial charge in [0, 0.05) is 0 Å². The molecular formula is C6H8BrO4-. The highest BCUT2D eigenvalue weighted by Gasteiger charge is 2.25. The Morgan fingerprint density at radius 3 is 2.27 bits per heavy atom. The largest absolute Gasteiger partial charge is 0.546 e. The van der Waals surface area contributed by atoms with Crippen molar-refractivity contribution >= 4 is 27.9 Å². The van der Waals surface area contributed by atoms with Crippen LogP contribution in [0.2, 0.25) is 0 Å². The Kier molecular flexibility index (Phi) is 3.51. The van der Waals surface area contributed by atoms with Crippen molar-refractivity contribution in [1.82, 2.24) is 0 Å². The number of aliphatic carboxylic acids is 1. The molecule has 0 saturated heterocycles. The second kappa shape index (κ2) is 3.71. The number of hydrogen-bond donors (Lipinski definition) is 0. The van der Waals surface area contributed by atoms with Gasteiger partial charge in [-0.05, 0) is 13.8 Å². The molecule has 0 bridgehead atoms. The van der Waals surface area contributed by atoms with Gasteiger partial charge in [0.25, 0.3) is 0 Å². The smallest absolute Gasteiger partial charge is 0.322 e. The second-order valence-electron chi connectivity index (χ2n) is 2.42. The Labute approximate surface area is 72.7 Å². The third-order valence-electron chi connectivity index (χ3n) is 0.807. The minimum atomic E-state index is -1.41. The van der Waals surface area contributed by atoms with Crippen LogP contribution in [0.1, 0.15) is 13.8 Å². The molecule has 0 aromatic heterocycles. The van der Waals surface area contributed by atoms with Gasteiger partial charge in [0.1, 0.15) is 10.9 Å². The number of hydrogen-bond acceptors (Lipinski definition) is 4. The number of esters is 1. The molecule has 0 atom stereocenters. The van der Waals surface area contributed by atoms with E-state index < -0.39 is 22.9 Å². The lowest BCUT2D eigenvalue weighted by Gasteiger charge is -2.14. The number of carbonyl (C=O) groups excluding carboxylic acids is 2. The summed E-state index contributed by atoms with van der Waals surface area (Å²) in [7, 11) is 0. The molecule has 11 heavy (non-hydrogen) atoms. The normalized spacial score (nSPS) is 10.8. The molecule has 0 spiro atoms. The summed E-state index contributed by atoms with van der Waals surface area (Å²) < 4.78 is 3.48. The van der Waals surface area contributed by atoms with E-state index in [4.69, 9.17) is 0 Å². The second-order valence-corrected chi connectivity index (χ2v) is 4.40. The molecule has 0 rings (SSSR count). The quantitative estimate of drug-likeness (QED) is 0.476. The maximum Gasteiger partial charge on any atom is 0.322 e. The van der Waals surface area contributed by atoms with Gasteiger partial charge in [0.2, 0.25) is 0 Å². The lowest BCUT2D eigenvalue weighted by molar-refractivity contribution is -0.308. The van der Waals surface area contributed by atoms with Crippen LogP contribution in [0.25, 0.3) is 0 Å². The van der Waals surface area contributed by atoms with Gasteiger partial charge in [0.15, 0.2) is 0 Å². The number of carboxylic acids is 1. The molecule has 0 fully saturated rings. The SMILES string of the molecule is CC(C)(Br)C(=O)OCC(=O)[O-]. The third-order valence-corrected chi connectivity index (χ3v) is 1.13. The summed E-state index contributed by atoms with van der Waals surface area (Å²) in [5.74, 6) is -2.03. The number of carbonyl (C=O) groups is 2. The number of ether oxygens (including phenoxy) is 1. The summed E-state index contributed by atoms with van der Waals surface area (Å²) in [5, 5.41) is 9.83. The fraction of sp³-hybridized carbons (Fsp3) is 0.667. The van der Waals surface area contributed by atoms with E-state index >= 15 is 0 Å². The zero-order valence-corrected chi connectivity index (χ0v) is 7.80. The lowest BCUT2D eigenvalue weighted by atomic mass is 10.2. The van der Waals surface area contributed by atoms with Crippen LogP contribution in [0.15, 0.2) is 0 Å². The Bertz CT molecular complexity index is 170. The highest BCUT2D eigenvalue weighted by atomic mass is 79.9. The summed E-state index contributed by atoms with van der Waals surface area (Å²) in [5.41, 5.74) is 0. The van der Waals surface area contributed by atoms with Crippen molar-refractivity contribution in [2.45, 2.75) is 18.2 Å². The van der Waals surface area contributed by atoms with Gasteiger partial charge in [-0.1, -0.05) is 15.9 Å². The molecule has 4 nitrogen and oxygen atoms in total. The number of halogens is 1. The van der Waals surface area contributed by atoms with Crippen molar-refractivity contribution in [2.75, 3.05) is 6.61 Å². The highest BCUT2D eigenvalue weighted by molar-refractivity contribution is 9.10. The Morgan fingerprint density at radius 1 is 1.55 bits per heavy atom. The highest BCUT2D eigenvalue weighted by Crippen LogP contribution is 2.16. The molecule has 0 N–H and O–H groups in total. The van der Waals surface area contributed by atoms with Crippen LogP contribution in [0, 0.1) is 0 Å². The first-order valence-electron chi connectivity index (χ1n) is 2.90. The molecule has 0 aliphatic rings. The zero-order chi connectivity index (χ0) is 9.07. The average Bonchev–Trinajstić information content (AvgIpc) is 1.80. The molecule has 0 heterocycles. The van der Waals surface area contributed by atoms with Crippen LogP contribution in [-0.2, 0) is 14.3 Å². The molecule has 0 aromatic carbocycles. The van der Waals surface area contributed by atoms with E-state index in [0.29, 0.717) is 0 Å². The number of carboxylic acid groups (broad SMARTS) is 1. The fourth-order valence-electron chi connectivity index (χ4n) is 0.296. The van der Waals surface area contributed by atoms with Crippen LogP contribution in [0.5, 0.6) is 0 Å². The Morgan fingerprint density at radius 2 is 2.00 bits per heavy atom. The monoisotopic (exact) mass is 223 g/mol. The molecule has 0 aromatic rings. The van der Waals surface area contributed by atoms with Gasteiger partial charge in [-0.2, -0.15) is 0 Å². The average molecular weight is 224 g/mol. The minimum Gasteiger partial charge on any atom is -0.546 e. The van der Waals surface area contributed by atoms with E-state index in [0.717, 1.165) is 0 Å². The molecule has 0 aliphatic heterocycles. The van der Waals surface area contributed by atoms with Gasteiger partial charge in [-0.25, -0.2) is 0 Å². The molecule has 5 heteroatoms. The maximum absolute atomic E-state index is 10.8. The van der Waals surface area contributed by atoms with Crippen LogP contribution >= 0.6 is 15.9 Å². The summed E-state index contributed by atoms with van der Waals surface area (Å²) in [4.78, 5) is 20.6. The zero-order valence-electron chi connectivity index (χ0n) is 6.22. The van der Waals surface area contributed by atoms with Gasteiger partial charge in [-0.3, -0.25) is 4.79 Å². The van der Waals surface area contributed by atoms with Gasteiger partial charge in [0.05, 0.1) is 5.97 Å². The number of rotatable bonds is 3. The van der Waals surface area contributed by atoms with Crippen LogP contribution in [-0.4, -0.2) is 22.9 Å². The molecule has 0 radical (unpaired) electrons. The van der Waals surface area contributed by atoms with Crippen LogP contribution < -0.4 is 5.11 Å². The van der Waals surface area contributed by atoms with E-state index in [2.05, 4.69) is 20.7 Å². The van der Waals surface area contributed by atoms with Gasteiger partial charge in [-0.15, -0.1) is 0 Å². The van der Waals surface area contributed by atoms with Gasteiger partial charge >= 0.3 is 5.97 Å². The number of alkyl halides is 1. The predicted molar refractivity (Wildman–Crippen MR) is 39.0 cm³/mol. The lowest BCUT2D eigenvalue weighted by Crippen LogP contribution is -2.33. The van der Waals surface area contributed by atoms with E-state index in [1.165, 1.54) is 0 Å². The summed E-state index contributed by atoms with van der Waals surface area (Å²) in [6.45, 7) is 2.42. The molecular weight excluding hydrogens is 216 g/mol. The topological polar surface area (TPSA) is 66.4 Å². The fourth-order valence-corrected chi connectivity index (χ4v) is 0.411. The summed E-state index contributed by atoms with van der Waals surface area (Å²) >= 11 is 3.01. The van der Waals surface area contributed by atoms with Gasteiger partial charge < -0.3 is 14.6 Å². The maximum atomic E-state index is 10.8. The Balaban J connectivity index is 3.80. The van der Waals surface area contributed by atoms with Crippen molar-refractivity contribution in [3.05, 3.63) is 0 Å². The van der Waals surface area contributed by atoms with E-state index in [-0.39, 0.29) is 0 Å². The van der Waals surface area contributed by atoms with Crippen LogP contribution in [0.3, 0.4) is 0 Å². The minimum absolute atomic E-state index is 0.623. The predicted octanol–water partition coefficient (Wildman–Crippen LogP) is -0.547. The van der Waals surface area contributed by atoms with E-state index in [1.807, 2.05) is 0 Å². The van der Waals surface area contributed by atoms with E-state index in [1.54, 1.807) is 13.8 Å². The third kappa shape index (κ3) is 4.78. The van der Waals surface area contributed by atoms with Crippen LogP contribution in [0.4, 0.5) is 0 Å². The first-order chi connectivity index (χ1) is 4.84. The van der Waals surface area contributed by atoms with Crippen molar-refractivity contribution in [3.63, 3.8) is 0 Å². The summed E-state index contributed by atoms with van der Waals surface area (Å²) in [6.07, 6.45) is 0. The molecule has 0 aliphatic carbocycles. The van der Waals surface area contributed by atoms with Crippen molar-refractivity contribution in [1.29, 1.82) is 0 Å². The van der Waals surface area contributed by atoms with Crippen molar-refractivity contribution < 1.29 is 19.4 Å². The summed E-state index contributed by atoms with van der Waals surface area (Å²) in [6, 6.07) is 0. The van der Waals surface area contributed by atoms with E-state index in [9.17, 15) is 14.7 Å². The van der Waals surface area contributed by atoms with Crippen molar-refractivity contribution in [3.8, 4) is 0 Å². The molecule has 0 unspecified atom stereocenters.